The zero-order valence-electron chi connectivity index (χ0n) is 7.23. The number of aromatic carboxylic acids is 1. The first kappa shape index (κ1) is 9.14. The number of carbonyl (C=O) groups is 1. The van der Waals surface area contributed by atoms with Crippen molar-refractivity contribution in [3.8, 4) is 0 Å². The summed E-state index contributed by atoms with van der Waals surface area (Å²) in [6, 6.07) is 0. The molecule has 0 saturated carbocycles. The Bertz CT molecular complexity index is 521. The van der Waals surface area contributed by atoms with Crippen LogP contribution in [0.5, 0.6) is 0 Å². The number of carboxylic acid groups (broad SMARTS) is 1. The highest BCUT2D eigenvalue weighted by Gasteiger charge is 2.15. The summed E-state index contributed by atoms with van der Waals surface area (Å²) in [5.41, 5.74) is 1.18. The fourth-order valence-electron chi connectivity index (χ4n) is 1.31. The Labute approximate surface area is 87.5 Å². The summed E-state index contributed by atoms with van der Waals surface area (Å²) in [7, 11) is 0. The van der Waals surface area contributed by atoms with Crippen LogP contribution in [0, 0.1) is 6.92 Å². The second-order valence-electron chi connectivity index (χ2n) is 2.79. The Morgan fingerprint density at radius 1 is 1.64 bits per heavy atom. The SMILES string of the molecule is Cc1nc2cnc(Br)cn2c1C(=O)O. The van der Waals surface area contributed by atoms with E-state index in [1.54, 1.807) is 13.1 Å². The van der Waals surface area contributed by atoms with Crippen molar-refractivity contribution in [3.63, 3.8) is 0 Å². The average Bonchev–Trinajstić information content (AvgIpc) is 2.40. The van der Waals surface area contributed by atoms with Gasteiger partial charge in [0.2, 0.25) is 0 Å². The number of hydrogen-bond acceptors (Lipinski definition) is 3. The quantitative estimate of drug-likeness (QED) is 0.839. The molecule has 0 spiro atoms. The third-order valence-corrected chi connectivity index (χ3v) is 2.26. The molecule has 0 aliphatic carbocycles. The topological polar surface area (TPSA) is 67.5 Å². The Morgan fingerprint density at radius 2 is 2.36 bits per heavy atom. The molecule has 72 valence electrons. The highest BCUT2D eigenvalue weighted by atomic mass is 79.9. The van der Waals surface area contributed by atoms with Crippen molar-refractivity contribution in [2.24, 2.45) is 0 Å². The Morgan fingerprint density at radius 3 is 3.00 bits per heavy atom. The van der Waals surface area contributed by atoms with Crippen LogP contribution in [0.15, 0.2) is 17.0 Å². The van der Waals surface area contributed by atoms with Gasteiger partial charge in [-0.15, -0.1) is 0 Å². The van der Waals surface area contributed by atoms with Gasteiger partial charge in [0.1, 0.15) is 4.60 Å². The average molecular weight is 256 g/mol. The van der Waals surface area contributed by atoms with E-state index < -0.39 is 5.97 Å². The van der Waals surface area contributed by atoms with E-state index in [0.29, 0.717) is 15.9 Å². The van der Waals surface area contributed by atoms with Crippen molar-refractivity contribution in [2.45, 2.75) is 6.92 Å². The van der Waals surface area contributed by atoms with Crippen LogP contribution < -0.4 is 0 Å². The van der Waals surface area contributed by atoms with Crippen LogP contribution in [0.25, 0.3) is 5.65 Å². The lowest BCUT2D eigenvalue weighted by Crippen LogP contribution is -2.03. The lowest BCUT2D eigenvalue weighted by molar-refractivity contribution is 0.0688. The molecule has 0 fully saturated rings. The summed E-state index contributed by atoms with van der Waals surface area (Å²) >= 11 is 3.17. The molecule has 0 radical (unpaired) electrons. The van der Waals surface area contributed by atoms with Crippen molar-refractivity contribution < 1.29 is 9.90 Å². The second kappa shape index (κ2) is 3.06. The largest absolute Gasteiger partial charge is 0.477 e. The number of imidazole rings is 1. The van der Waals surface area contributed by atoms with Crippen molar-refractivity contribution in [1.29, 1.82) is 0 Å². The smallest absolute Gasteiger partial charge is 0.354 e. The molecule has 0 aliphatic heterocycles. The zero-order valence-corrected chi connectivity index (χ0v) is 8.82. The molecule has 0 atom stereocenters. The summed E-state index contributed by atoms with van der Waals surface area (Å²) in [5, 5.41) is 8.95. The van der Waals surface area contributed by atoms with E-state index in [1.165, 1.54) is 10.6 Å². The molecule has 2 aromatic rings. The van der Waals surface area contributed by atoms with Gasteiger partial charge in [0.15, 0.2) is 11.3 Å². The van der Waals surface area contributed by atoms with Crippen LogP contribution in [0.1, 0.15) is 16.2 Å². The predicted octanol–water partition coefficient (Wildman–Crippen LogP) is 1.50. The molecule has 14 heavy (non-hydrogen) atoms. The standard InChI is InChI=1S/C8H6BrN3O2/c1-4-7(8(13)14)12-3-5(9)10-2-6(12)11-4/h2-3H,1H3,(H,13,14). The lowest BCUT2D eigenvalue weighted by atomic mass is 10.3. The summed E-state index contributed by atoms with van der Waals surface area (Å²) in [5.74, 6) is -0.992. The second-order valence-corrected chi connectivity index (χ2v) is 3.60. The summed E-state index contributed by atoms with van der Waals surface area (Å²) in [6.45, 7) is 1.66. The van der Waals surface area contributed by atoms with Crippen LogP contribution in [-0.2, 0) is 0 Å². The predicted molar refractivity (Wildman–Crippen MR) is 52.4 cm³/mol. The van der Waals surface area contributed by atoms with Gasteiger partial charge in [-0.1, -0.05) is 0 Å². The third kappa shape index (κ3) is 1.27. The van der Waals surface area contributed by atoms with Gasteiger partial charge in [0.05, 0.1) is 11.9 Å². The molecular weight excluding hydrogens is 250 g/mol. The van der Waals surface area contributed by atoms with E-state index >= 15 is 0 Å². The molecule has 2 heterocycles. The third-order valence-electron chi connectivity index (χ3n) is 1.85. The number of aromatic nitrogens is 3. The maximum atomic E-state index is 10.9. The molecule has 5 nitrogen and oxygen atoms in total. The molecular formula is C8H6BrN3O2. The molecule has 0 saturated heterocycles. The van der Waals surface area contributed by atoms with Crippen molar-refractivity contribution in [2.75, 3.05) is 0 Å². The fraction of sp³-hybridized carbons (Fsp3) is 0.125. The fourth-order valence-corrected chi connectivity index (χ4v) is 1.61. The molecule has 6 heteroatoms. The summed E-state index contributed by atoms with van der Waals surface area (Å²) in [4.78, 5) is 18.9. The number of nitrogens with zero attached hydrogens (tertiary/aromatic N) is 3. The van der Waals surface area contributed by atoms with E-state index in [-0.39, 0.29) is 5.69 Å². The first-order chi connectivity index (χ1) is 6.59. The van der Waals surface area contributed by atoms with E-state index in [1.807, 2.05) is 0 Å². The maximum Gasteiger partial charge on any atom is 0.354 e. The first-order valence-electron chi connectivity index (χ1n) is 3.83. The number of carboxylic acids is 1. The minimum absolute atomic E-state index is 0.170. The van der Waals surface area contributed by atoms with E-state index in [0.717, 1.165) is 0 Å². The van der Waals surface area contributed by atoms with Crippen LogP contribution >= 0.6 is 15.9 Å². The van der Waals surface area contributed by atoms with E-state index in [4.69, 9.17) is 5.11 Å². The molecule has 2 aromatic heterocycles. The molecule has 0 bridgehead atoms. The molecule has 1 N–H and O–H groups in total. The number of aryl methyl sites for hydroxylation is 1. The van der Waals surface area contributed by atoms with Crippen LogP contribution in [-0.4, -0.2) is 25.4 Å². The number of rotatable bonds is 1. The van der Waals surface area contributed by atoms with Gasteiger partial charge < -0.3 is 5.11 Å². The molecule has 0 amide bonds. The molecule has 0 aromatic carbocycles. The molecule has 0 aliphatic rings. The minimum Gasteiger partial charge on any atom is -0.477 e. The first-order valence-corrected chi connectivity index (χ1v) is 4.62. The maximum absolute atomic E-state index is 10.9. The summed E-state index contributed by atoms with van der Waals surface area (Å²) < 4.78 is 2.07. The molecule has 2 rings (SSSR count). The van der Waals surface area contributed by atoms with Gasteiger partial charge in [-0.3, -0.25) is 4.40 Å². The van der Waals surface area contributed by atoms with E-state index in [9.17, 15) is 4.79 Å². The Balaban J connectivity index is 2.86. The lowest BCUT2D eigenvalue weighted by Gasteiger charge is -1.96. The number of fused-ring (bicyclic) bond motifs is 1. The van der Waals surface area contributed by atoms with Gasteiger partial charge in [-0.2, -0.15) is 0 Å². The highest BCUT2D eigenvalue weighted by Crippen LogP contribution is 2.14. The number of halogens is 1. The van der Waals surface area contributed by atoms with Crippen LogP contribution in [0.3, 0.4) is 0 Å². The number of hydrogen-bond donors (Lipinski definition) is 1. The van der Waals surface area contributed by atoms with Gasteiger partial charge in [0.25, 0.3) is 0 Å². The van der Waals surface area contributed by atoms with Crippen molar-refractivity contribution >= 4 is 27.5 Å². The van der Waals surface area contributed by atoms with Gasteiger partial charge in [0, 0.05) is 6.20 Å². The van der Waals surface area contributed by atoms with Gasteiger partial charge in [-0.25, -0.2) is 14.8 Å². The summed E-state index contributed by atoms with van der Waals surface area (Å²) in [6.07, 6.45) is 3.10. The Kier molecular flexibility index (Phi) is 1.99. The van der Waals surface area contributed by atoms with Gasteiger partial charge in [-0.05, 0) is 22.9 Å². The van der Waals surface area contributed by atoms with Crippen molar-refractivity contribution in [3.05, 3.63) is 28.4 Å². The zero-order chi connectivity index (χ0) is 10.3. The normalized spacial score (nSPS) is 10.7. The highest BCUT2D eigenvalue weighted by molar-refractivity contribution is 9.10. The minimum atomic E-state index is -0.992. The molecule has 0 unspecified atom stereocenters. The monoisotopic (exact) mass is 255 g/mol. The van der Waals surface area contributed by atoms with Crippen LogP contribution in [0.4, 0.5) is 0 Å². The van der Waals surface area contributed by atoms with Crippen molar-refractivity contribution in [1.82, 2.24) is 14.4 Å². The van der Waals surface area contributed by atoms with Crippen LogP contribution in [0.2, 0.25) is 0 Å². The van der Waals surface area contributed by atoms with E-state index in [2.05, 4.69) is 25.9 Å². The van der Waals surface area contributed by atoms with Gasteiger partial charge >= 0.3 is 5.97 Å². The Hall–Kier alpha value is -1.43.